The van der Waals surface area contributed by atoms with E-state index < -0.39 is 0 Å². The Morgan fingerprint density at radius 3 is 2.66 bits per heavy atom. The van der Waals surface area contributed by atoms with Gasteiger partial charge in [-0.1, -0.05) is 37.6 Å². The predicted molar refractivity (Wildman–Crippen MR) is 150 cm³/mol. The van der Waals surface area contributed by atoms with Gasteiger partial charge in [0, 0.05) is 41.3 Å². The van der Waals surface area contributed by atoms with E-state index in [1.807, 2.05) is 49.1 Å². The second kappa shape index (κ2) is 12.4. The standard InChI is InChI=1S/C30H38ClN3O4/c1-21(2)20-38-30(35)34-13-11-25-26-19-23(31)7-10-27(26)32-28(25)29(34)22-5-8-24(9-6-22)37-16-4-3-12-33-14-17-36-18-15-33/h5-10,19,21,29,32H,3-4,11-18,20H2,1-2H3. The monoisotopic (exact) mass is 539 g/mol. The summed E-state index contributed by atoms with van der Waals surface area (Å²) in [5.74, 6) is 1.12. The number of nitrogens with one attached hydrogen (secondary N) is 1. The van der Waals surface area contributed by atoms with Crippen LogP contribution in [0, 0.1) is 5.92 Å². The molecular formula is C30H38ClN3O4. The van der Waals surface area contributed by atoms with E-state index in [0.29, 0.717) is 24.8 Å². The quantitative estimate of drug-likeness (QED) is 0.335. The van der Waals surface area contributed by atoms with Gasteiger partial charge in [0.15, 0.2) is 0 Å². The van der Waals surface area contributed by atoms with Gasteiger partial charge >= 0.3 is 6.09 Å². The minimum absolute atomic E-state index is 0.271. The van der Waals surface area contributed by atoms with Crippen LogP contribution in [-0.2, 0) is 15.9 Å². The lowest BCUT2D eigenvalue weighted by molar-refractivity contribution is 0.0368. The van der Waals surface area contributed by atoms with Crippen LogP contribution >= 0.6 is 11.6 Å². The molecule has 1 saturated heterocycles. The predicted octanol–water partition coefficient (Wildman–Crippen LogP) is 6.05. The number of H-pyrrole nitrogens is 1. The summed E-state index contributed by atoms with van der Waals surface area (Å²) >= 11 is 6.32. The number of hydrogen-bond acceptors (Lipinski definition) is 5. The molecule has 38 heavy (non-hydrogen) atoms. The smallest absolute Gasteiger partial charge is 0.410 e. The summed E-state index contributed by atoms with van der Waals surface area (Å²) in [6.07, 6.45) is 2.58. The lowest BCUT2D eigenvalue weighted by atomic mass is 9.92. The molecule has 0 bridgehead atoms. The van der Waals surface area contributed by atoms with Crippen molar-refractivity contribution in [2.45, 2.75) is 39.2 Å². The van der Waals surface area contributed by atoms with Gasteiger partial charge in [-0.05, 0) is 73.2 Å². The third-order valence-corrected chi connectivity index (χ3v) is 7.54. The number of fused-ring (bicyclic) bond motifs is 3. The zero-order chi connectivity index (χ0) is 26.5. The van der Waals surface area contributed by atoms with Gasteiger partial charge in [-0.25, -0.2) is 4.79 Å². The Bertz CT molecular complexity index is 1220. The number of nitrogens with zero attached hydrogens (tertiary/aromatic N) is 2. The molecule has 1 unspecified atom stereocenters. The Morgan fingerprint density at radius 2 is 1.89 bits per heavy atom. The molecule has 1 aromatic heterocycles. The highest BCUT2D eigenvalue weighted by Crippen LogP contribution is 2.39. The van der Waals surface area contributed by atoms with Gasteiger partial charge < -0.3 is 19.2 Å². The Hall–Kier alpha value is -2.74. The molecule has 2 aliphatic heterocycles. The van der Waals surface area contributed by atoms with Crippen molar-refractivity contribution in [1.29, 1.82) is 0 Å². The zero-order valence-corrected chi connectivity index (χ0v) is 23.1. The molecule has 0 saturated carbocycles. The number of rotatable bonds is 9. The average molecular weight is 540 g/mol. The average Bonchev–Trinajstić information content (AvgIpc) is 3.30. The van der Waals surface area contributed by atoms with Gasteiger partial charge in [0.1, 0.15) is 11.8 Å². The number of morpholine rings is 1. The highest BCUT2D eigenvalue weighted by Gasteiger charge is 2.35. The van der Waals surface area contributed by atoms with E-state index in [2.05, 4.69) is 22.0 Å². The van der Waals surface area contributed by atoms with Crippen LogP contribution in [0.3, 0.4) is 0 Å². The van der Waals surface area contributed by atoms with Crippen LogP contribution in [0.5, 0.6) is 5.75 Å². The molecular weight excluding hydrogens is 502 g/mol. The topological polar surface area (TPSA) is 67.0 Å². The molecule has 1 atom stereocenters. The van der Waals surface area contributed by atoms with Crippen LogP contribution in [0.25, 0.3) is 10.9 Å². The molecule has 2 aromatic carbocycles. The summed E-state index contributed by atoms with van der Waals surface area (Å²) in [6, 6.07) is 13.8. The molecule has 1 N–H and O–H groups in total. The zero-order valence-electron chi connectivity index (χ0n) is 22.4. The van der Waals surface area contributed by atoms with Crippen LogP contribution in [-0.4, -0.2) is 73.5 Å². The Labute approximate surface area is 230 Å². The van der Waals surface area contributed by atoms with E-state index in [1.165, 1.54) is 5.56 Å². The van der Waals surface area contributed by atoms with Gasteiger partial charge in [0.25, 0.3) is 0 Å². The normalized spacial score (nSPS) is 18.1. The second-order valence-corrected chi connectivity index (χ2v) is 11.0. The fourth-order valence-corrected chi connectivity index (χ4v) is 5.50. The number of aromatic nitrogens is 1. The van der Waals surface area contributed by atoms with Crippen LogP contribution < -0.4 is 4.74 Å². The minimum Gasteiger partial charge on any atom is -0.494 e. The maximum absolute atomic E-state index is 13.2. The van der Waals surface area contributed by atoms with E-state index in [-0.39, 0.29) is 18.1 Å². The molecule has 0 spiro atoms. The summed E-state index contributed by atoms with van der Waals surface area (Å²) in [5.41, 5.74) is 4.27. The lowest BCUT2D eigenvalue weighted by Crippen LogP contribution is -2.41. The van der Waals surface area contributed by atoms with E-state index in [0.717, 1.165) is 80.0 Å². The Kier molecular flexibility index (Phi) is 8.77. The molecule has 204 valence electrons. The van der Waals surface area contributed by atoms with Crippen molar-refractivity contribution in [2.75, 3.05) is 52.6 Å². The third kappa shape index (κ3) is 6.28. The van der Waals surface area contributed by atoms with E-state index in [9.17, 15) is 4.79 Å². The minimum atomic E-state index is -0.286. The number of carbonyl (C=O) groups excluding carboxylic acids is 1. The third-order valence-electron chi connectivity index (χ3n) is 7.30. The first kappa shape index (κ1) is 26.9. The molecule has 0 aliphatic carbocycles. The molecule has 0 radical (unpaired) electrons. The van der Waals surface area contributed by atoms with E-state index in [4.69, 9.17) is 25.8 Å². The number of ether oxygens (including phenoxy) is 3. The first-order valence-electron chi connectivity index (χ1n) is 13.8. The number of hydrogen-bond donors (Lipinski definition) is 1. The van der Waals surface area contributed by atoms with Crippen molar-refractivity contribution in [3.05, 3.63) is 64.3 Å². The molecule has 3 heterocycles. The van der Waals surface area contributed by atoms with Gasteiger partial charge in [-0.3, -0.25) is 9.80 Å². The van der Waals surface area contributed by atoms with Crippen molar-refractivity contribution in [3.63, 3.8) is 0 Å². The maximum Gasteiger partial charge on any atom is 0.410 e. The van der Waals surface area contributed by atoms with Gasteiger partial charge in [0.05, 0.1) is 26.4 Å². The Balaban J connectivity index is 1.29. The van der Waals surface area contributed by atoms with Crippen molar-refractivity contribution >= 4 is 28.6 Å². The number of halogens is 1. The molecule has 3 aromatic rings. The second-order valence-electron chi connectivity index (χ2n) is 10.6. The summed E-state index contributed by atoms with van der Waals surface area (Å²) < 4.78 is 17.1. The Morgan fingerprint density at radius 1 is 1.11 bits per heavy atom. The van der Waals surface area contributed by atoms with E-state index in [1.54, 1.807) is 0 Å². The molecule has 7 nitrogen and oxygen atoms in total. The molecule has 1 amide bonds. The molecule has 8 heteroatoms. The number of benzene rings is 2. The fourth-order valence-electron chi connectivity index (χ4n) is 5.32. The van der Waals surface area contributed by atoms with Gasteiger partial charge in [-0.2, -0.15) is 0 Å². The van der Waals surface area contributed by atoms with E-state index >= 15 is 0 Å². The van der Waals surface area contributed by atoms with Crippen LogP contribution in [0.15, 0.2) is 42.5 Å². The number of amides is 1. The van der Waals surface area contributed by atoms with Gasteiger partial charge in [0.2, 0.25) is 0 Å². The van der Waals surface area contributed by atoms with Crippen LogP contribution in [0.4, 0.5) is 4.79 Å². The number of carbonyl (C=O) groups is 1. The highest BCUT2D eigenvalue weighted by molar-refractivity contribution is 6.31. The van der Waals surface area contributed by atoms with Crippen molar-refractivity contribution in [2.24, 2.45) is 5.92 Å². The summed E-state index contributed by atoms with van der Waals surface area (Å²) in [5, 5.41) is 1.82. The largest absolute Gasteiger partial charge is 0.494 e. The van der Waals surface area contributed by atoms with Gasteiger partial charge in [-0.15, -0.1) is 0 Å². The maximum atomic E-state index is 13.2. The highest BCUT2D eigenvalue weighted by atomic mass is 35.5. The van der Waals surface area contributed by atoms with Crippen molar-refractivity contribution in [3.8, 4) is 5.75 Å². The lowest BCUT2D eigenvalue weighted by Gasteiger charge is -2.35. The fraction of sp³-hybridized carbons (Fsp3) is 0.500. The van der Waals surface area contributed by atoms with Crippen LogP contribution in [0.2, 0.25) is 5.02 Å². The summed E-state index contributed by atoms with van der Waals surface area (Å²) in [6.45, 7) is 10.6. The first-order chi connectivity index (χ1) is 18.5. The summed E-state index contributed by atoms with van der Waals surface area (Å²) in [7, 11) is 0. The van der Waals surface area contributed by atoms with Crippen molar-refractivity contribution < 1.29 is 19.0 Å². The van der Waals surface area contributed by atoms with Crippen molar-refractivity contribution in [1.82, 2.24) is 14.8 Å². The molecule has 1 fully saturated rings. The molecule has 5 rings (SSSR count). The number of unbranched alkanes of at least 4 members (excludes halogenated alkanes) is 1. The summed E-state index contributed by atoms with van der Waals surface area (Å²) in [4.78, 5) is 21.1. The molecule has 2 aliphatic rings. The van der Waals surface area contributed by atoms with Crippen LogP contribution in [0.1, 0.15) is 49.6 Å². The number of aromatic amines is 1. The first-order valence-corrected chi connectivity index (χ1v) is 14.1. The SMILES string of the molecule is CC(C)COC(=O)N1CCc2c([nH]c3ccc(Cl)cc23)C1c1ccc(OCCCCN2CCOCC2)cc1.